The molecule has 2 heterocycles. The van der Waals surface area contributed by atoms with Gasteiger partial charge >= 0.3 is 5.97 Å². The zero-order valence-corrected chi connectivity index (χ0v) is 16.4. The molecule has 2 aromatic heterocycles. The second kappa shape index (κ2) is 7.17. The highest BCUT2D eigenvalue weighted by Crippen LogP contribution is 2.48. The Bertz CT molecular complexity index is 1190. The van der Waals surface area contributed by atoms with E-state index >= 15 is 0 Å². The summed E-state index contributed by atoms with van der Waals surface area (Å²) in [5.74, 6) is -2.82. The van der Waals surface area contributed by atoms with Crippen molar-refractivity contribution in [1.29, 1.82) is 0 Å². The maximum absolute atomic E-state index is 13.3. The molecule has 30 heavy (non-hydrogen) atoms. The molecule has 1 saturated carbocycles. The van der Waals surface area contributed by atoms with Gasteiger partial charge in [0.15, 0.2) is 5.13 Å². The number of hydrogen-bond acceptors (Lipinski definition) is 6. The summed E-state index contributed by atoms with van der Waals surface area (Å²) in [6.07, 6.45) is 4.57. The number of allylic oxidation sites excluding steroid dienone is 2. The van der Waals surface area contributed by atoms with Gasteiger partial charge in [-0.2, -0.15) is 4.39 Å². The van der Waals surface area contributed by atoms with E-state index in [2.05, 4.69) is 20.6 Å². The van der Waals surface area contributed by atoms with Crippen LogP contribution in [0.1, 0.15) is 6.42 Å². The van der Waals surface area contributed by atoms with Gasteiger partial charge in [0, 0.05) is 5.69 Å². The number of pyridine rings is 1. The number of carboxylic acids is 1. The molecule has 2 aliphatic rings. The van der Waals surface area contributed by atoms with Crippen LogP contribution in [0.3, 0.4) is 0 Å². The van der Waals surface area contributed by atoms with Crippen molar-refractivity contribution < 1.29 is 19.1 Å². The third-order valence-corrected chi connectivity index (χ3v) is 6.59. The fraction of sp³-hybridized carbons (Fsp3) is 0.238. The number of carbonyl (C=O) groups is 2. The van der Waals surface area contributed by atoms with E-state index in [0.29, 0.717) is 28.6 Å². The van der Waals surface area contributed by atoms with Crippen molar-refractivity contribution in [3.8, 4) is 0 Å². The number of anilines is 3. The molecule has 3 N–H and O–H groups in total. The first-order valence-electron chi connectivity index (χ1n) is 9.50. The number of rotatable bonds is 5. The van der Waals surface area contributed by atoms with Crippen LogP contribution < -0.4 is 10.6 Å². The zero-order valence-electron chi connectivity index (χ0n) is 15.6. The van der Waals surface area contributed by atoms with Crippen LogP contribution in [0.2, 0.25) is 0 Å². The van der Waals surface area contributed by atoms with E-state index in [0.717, 1.165) is 4.70 Å². The first kappa shape index (κ1) is 18.7. The molecular formula is C21H17FN4O3S. The van der Waals surface area contributed by atoms with Crippen molar-refractivity contribution in [2.45, 2.75) is 6.42 Å². The number of benzene rings is 1. The molecule has 3 aromatic rings. The van der Waals surface area contributed by atoms with Crippen LogP contribution in [0.4, 0.5) is 21.0 Å². The summed E-state index contributed by atoms with van der Waals surface area (Å²) in [7, 11) is 0. The third-order valence-electron chi connectivity index (χ3n) is 5.65. The lowest BCUT2D eigenvalue weighted by Gasteiger charge is -2.23. The molecule has 0 radical (unpaired) electrons. The Kier molecular flexibility index (Phi) is 4.47. The number of aromatic nitrogens is 2. The maximum atomic E-state index is 13.3. The monoisotopic (exact) mass is 424 g/mol. The molecule has 5 rings (SSSR count). The van der Waals surface area contributed by atoms with Gasteiger partial charge in [-0.05, 0) is 48.6 Å². The highest BCUT2D eigenvalue weighted by Gasteiger charge is 2.51. The quantitative estimate of drug-likeness (QED) is 0.422. The number of hydrogen-bond donors (Lipinski definition) is 3. The van der Waals surface area contributed by atoms with Gasteiger partial charge in [0.2, 0.25) is 11.9 Å². The molecular weight excluding hydrogens is 407 g/mol. The Morgan fingerprint density at radius 1 is 1.10 bits per heavy atom. The van der Waals surface area contributed by atoms with E-state index < -0.39 is 23.8 Å². The SMILES string of the molecule is O=C(Nc1nc2ccc(Nc3cccc(F)n3)cc2s1)[C@@H]1C2C=CC(C2)[C@@H]1C(=O)O. The van der Waals surface area contributed by atoms with Crippen molar-refractivity contribution >= 4 is 50.1 Å². The number of nitrogens with zero attached hydrogens (tertiary/aromatic N) is 2. The minimum atomic E-state index is -0.932. The first-order chi connectivity index (χ1) is 14.5. The highest BCUT2D eigenvalue weighted by atomic mass is 32.1. The number of carboxylic acid groups (broad SMARTS) is 1. The summed E-state index contributed by atoms with van der Waals surface area (Å²) < 4.78 is 14.1. The third kappa shape index (κ3) is 3.30. The summed E-state index contributed by atoms with van der Waals surface area (Å²) in [6.45, 7) is 0. The number of nitrogens with one attached hydrogen (secondary N) is 2. The van der Waals surface area contributed by atoms with Crippen LogP contribution in [-0.2, 0) is 9.59 Å². The number of thiazole rings is 1. The van der Waals surface area contributed by atoms with Gasteiger partial charge in [0.05, 0.1) is 22.1 Å². The molecule has 1 amide bonds. The van der Waals surface area contributed by atoms with Gasteiger partial charge in [-0.25, -0.2) is 9.97 Å². The zero-order chi connectivity index (χ0) is 20.8. The lowest BCUT2D eigenvalue weighted by Crippen LogP contribution is -2.36. The molecule has 0 aliphatic heterocycles. The van der Waals surface area contributed by atoms with Crippen LogP contribution in [-0.4, -0.2) is 27.0 Å². The molecule has 0 saturated heterocycles. The Balaban J connectivity index is 1.35. The Hall–Kier alpha value is -3.33. The number of halogens is 1. The van der Waals surface area contributed by atoms with Crippen molar-refractivity contribution in [3.05, 3.63) is 54.5 Å². The van der Waals surface area contributed by atoms with Crippen LogP contribution in [0, 0.1) is 29.6 Å². The van der Waals surface area contributed by atoms with Crippen LogP contribution in [0.5, 0.6) is 0 Å². The standard InChI is InChI=1S/C21H17FN4O3S/c22-15-2-1-3-16(25-15)23-12-6-7-13-14(9-12)30-21(24-13)26-19(27)17-10-4-5-11(8-10)18(17)20(28)29/h1-7,9-11,17-18H,8H2,(H,23,25)(H,28,29)(H,24,26,27)/t10?,11?,17-,18+/m1/s1. The van der Waals surface area contributed by atoms with Gasteiger partial charge in [-0.15, -0.1) is 0 Å². The van der Waals surface area contributed by atoms with Gasteiger partial charge in [0.25, 0.3) is 0 Å². The first-order valence-corrected chi connectivity index (χ1v) is 10.3. The average Bonchev–Trinajstić information content (AvgIpc) is 3.41. The molecule has 2 aliphatic carbocycles. The topological polar surface area (TPSA) is 104 Å². The predicted octanol–water partition coefficient (Wildman–Crippen LogP) is 4.04. The normalized spacial score (nSPS) is 24.3. The summed E-state index contributed by atoms with van der Waals surface area (Å²) in [5, 5.41) is 15.8. The summed E-state index contributed by atoms with van der Waals surface area (Å²) in [6, 6.07) is 9.93. The Morgan fingerprint density at radius 3 is 2.67 bits per heavy atom. The van der Waals surface area contributed by atoms with E-state index in [9.17, 15) is 19.1 Å². The maximum Gasteiger partial charge on any atom is 0.307 e. The molecule has 152 valence electrons. The van der Waals surface area contributed by atoms with Crippen molar-refractivity contribution in [3.63, 3.8) is 0 Å². The lowest BCUT2D eigenvalue weighted by atomic mass is 9.82. The second-order valence-electron chi connectivity index (χ2n) is 7.50. The van der Waals surface area contributed by atoms with E-state index in [-0.39, 0.29) is 17.7 Å². The van der Waals surface area contributed by atoms with Gasteiger partial charge in [-0.3, -0.25) is 9.59 Å². The number of aliphatic carboxylic acids is 1. The lowest BCUT2D eigenvalue weighted by molar-refractivity contribution is -0.146. The second-order valence-corrected chi connectivity index (χ2v) is 8.53. The molecule has 2 unspecified atom stereocenters. The molecule has 7 nitrogen and oxygen atoms in total. The minimum absolute atomic E-state index is 0.0416. The van der Waals surface area contributed by atoms with E-state index in [4.69, 9.17) is 0 Å². The van der Waals surface area contributed by atoms with Crippen molar-refractivity contribution in [2.24, 2.45) is 23.7 Å². The van der Waals surface area contributed by atoms with E-state index in [1.54, 1.807) is 24.3 Å². The molecule has 0 spiro atoms. The fourth-order valence-corrected chi connectivity index (χ4v) is 5.29. The van der Waals surface area contributed by atoms with Gasteiger partial charge in [-0.1, -0.05) is 29.6 Å². The van der Waals surface area contributed by atoms with Crippen LogP contribution in [0.25, 0.3) is 10.2 Å². The largest absolute Gasteiger partial charge is 0.481 e. The molecule has 9 heteroatoms. The van der Waals surface area contributed by atoms with E-state index in [1.807, 2.05) is 18.2 Å². The fourth-order valence-electron chi connectivity index (χ4n) is 4.39. The van der Waals surface area contributed by atoms with Gasteiger partial charge in [0.1, 0.15) is 5.82 Å². The van der Waals surface area contributed by atoms with Gasteiger partial charge < -0.3 is 15.7 Å². The number of carbonyl (C=O) groups excluding carboxylic acids is 1. The minimum Gasteiger partial charge on any atom is -0.481 e. The highest BCUT2D eigenvalue weighted by molar-refractivity contribution is 7.22. The van der Waals surface area contributed by atoms with Crippen molar-refractivity contribution in [1.82, 2.24) is 9.97 Å². The molecule has 1 aromatic carbocycles. The predicted molar refractivity (Wildman–Crippen MR) is 111 cm³/mol. The van der Waals surface area contributed by atoms with Crippen molar-refractivity contribution in [2.75, 3.05) is 10.6 Å². The Labute approximate surface area is 174 Å². The smallest absolute Gasteiger partial charge is 0.307 e. The average molecular weight is 424 g/mol. The summed E-state index contributed by atoms with van der Waals surface area (Å²) in [5.41, 5.74) is 1.42. The Morgan fingerprint density at radius 2 is 1.90 bits per heavy atom. The van der Waals surface area contributed by atoms with Crippen LogP contribution in [0.15, 0.2) is 48.6 Å². The molecule has 4 atom stereocenters. The molecule has 2 bridgehead atoms. The van der Waals surface area contributed by atoms with Crippen LogP contribution >= 0.6 is 11.3 Å². The van der Waals surface area contributed by atoms with E-state index in [1.165, 1.54) is 17.4 Å². The summed E-state index contributed by atoms with van der Waals surface area (Å²) >= 11 is 1.30. The number of amides is 1. The molecule has 1 fully saturated rings. The summed E-state index contributed by atoms with van der Waals surface area (Å²) in [4.78, 5) is 32.7. The number of fused-ring (bicyclic) bond motifs is 3.